The average molecular weight is 357 g/mol. The fourth-order valence-corrected chi connectivity index (χ4v) is 4.08. The van der Waals surface area contributed by atoms with E-state index in [0.717, 1.165) is 56.3 Å². The zero-order chi connectivity index (χ0) is 17.8. The minimum absolute atomic E-state index is 0.0436. The van der Waals surface area contributed by atoms with Crippen LogP contribution in [0.15, 0.2) is 22.8 Å². The van der Waals surface area contributed by atoms with Crippen molar-refractivity contribution in [1.82, 2.24) is 25.0 Å². The first kappa shape index (κ1) is 17.3. The number of aryl methyl sites for hydroxylation is 1. The number of amides is 1. The minimum Gasteiger partial charge on any atom is -0.467 e. The first-order chi connectivity index (χ1) is 12.8. The van der Waals surface area contributed by atoms with Crippen LogP contribution in [0, 0.1) is 0 Å². The van der Waals surface area contributed by atoms with E-state index in [1.807, 2.05) is 12.1 Å². The quantitative estimate of drug-likeness (QED) is 0.887. The van der Waals surface area contributed by atoms with Gasteiger partial charge in [-0.1, -0.05) is 6.42 Å². The highest BCUT2D eigenvalue weighted by atomic mass is 16.3. The van der Waals surface area contributed by atoms with Crippen molar-refractivity contribution in [2.24, 2.45) is 0 Å². The monoisotopic (exact) mass is 357 g/mol. The Bertz CT molecular complexity index is 724. The van der Waals surface area contributed by atoms with Crippen molar-refractivity contribution in [3.8, 4) is 0 Å². The number of carbonyl (C=O) groups is 1. The number of rotatable bonds is 5. The summed E-state index contributed by atoms with van der Waals surface area (Å²) >= 11 is 0. The lowest BCUT2D eigenvalue weighted by Crippen LogP contribution is -2.42. The van der Waals surface area contributed by atoms with Crippen LogP contribution >= 0.6 is 0 Å². The van der Waals surface area contributed by atoms with Crippen molar-refractivity contribution in [3.63, 3.8) is 0 Å². The summed E-state index contributed by atoms with van der Waals surface area (Å²) in [6.07, 6.45) is 8.58. The molecule has 0 bridgehead atoms. The minimum atomic E-state index is 0.0436. The second kappa shape index (κ2) is 8.03. The Morgan fingerprint density at radius 3 is 3.08 bits per heavy atom. The SMILES string of the molecule is O=C(CN1CCCC(c2nnc3n2CCCCC3)C1)NCc1ccco1. The van der Waals surface area contributed by atoms with Gasteiger partial charge in [0.2, 0.25) is 5.91 Å². The Labute approximate surface area is 153 Å². The molecule has 0 saturated carbocycles. The van der Waals surface area contributed by atoms with E-state index in [1.54, 1.807) is 6.26 Å². The Morgan fingerprint density at radius 2 is 2.19 bits per heavy atom. The number of aromatic nitrogens is 3. The smallest absolute Gasteiger partial charge is 0.234 e. The molecule has 0 aromatic carbocycles. The molecule has 2 aromatic rings. The summed E-state index contributed by atoms with van der Waals surface area (Å²) in [5, 5.41) is 11.9. The van der Waals surface area contributed by atoms with Crippen molar-refractivity contribution >= 4 is 5.91 Å². The molecule has 1 N–H and O–H groups in total. The lowest BCUT2D eigenvalue weighted by Gasteiger charge is -2.31. The highest BCUT2D eigenvalue weighted by Gasteiger charge is 2.28. The van der Waals surface area contributed by atoms with Gasteiger partial charge >= 0.3 is 0 Å². The summed E-state index contributed by atoms with van der Waals surface area (Å²) in [6.45, 7) is 3.76. The Hall–Kier alpha value is -2.15. The van der Waals surface area contributed by atoms with Gasteiger partial charge in [0.25, 0.3) is 0 Å². The number of carbonyl (C=O) groups excluding carboxylic acids is 1. The topological polar surface area (TPSA) is 76.2 Å². The standard InChI is InChI=1S/C19H27N5O2/c25-18(20-12-16-7-5-11-26-16)14-23-9-4-6-15(13-23)19-22-21-17-8-2-1-3-10-24(17)19/h5,7,11,15H,1-4,6,8-10,12-14H2,(H,20,25). The van der Waals surface area contributed by atoms with E-state index in [4.69, 9.17) is 4.42 Å². The fraction of sp³-hybridized carbons (Fsp3) is 0.632. The summed E-state index contributed by atoms with van der Waals surface area (Å²) in [7, 11) is 0. The van der Waals surface area contributed by atoms with E-state index in [9.17, 15) is 4.79 Å². The number of nitrogens with one attached hydrogen (secondary N) is 1. The van der Waals surface area contributed by atoms with Crippen molar-refractivity contribution in [2.75, 3.05) is 19.6 Å². The van der Waals surface area contributed by atoms with E-state index >= 15 is 0 Å². The predicted molar refractivity (Wildman–Crippen MR) is 96.5 cm³/mol. The third-order valence-electron chi connectivity index (χ3n) is 5.42. The van der Waals surface area contributed by atoms with Crippen molar-refractivity contribution < 1.29 is 9.21 Å². The van der Waals surface area contributed by atoms with Gasteiger partial charge in [-0.25, -0.2) is 0 Å². The van der Waals surface area contributed by atoms with Gasteiger partial charge in [-0.3, -0.25) is 9.69 Å². The molecular formula is C19H27N5O2. The summed E-state index contributed by atoms with van der Waals surface area (Å²) in [6, 6.07) is 3.70. The molecule has 2 aliphatic heterocycles. The maximum atomic E-state index is 12.3. The molecule has 140 valence electrons. The van der Waals surface area contributed by atoms with Gasteiger partial charge in [-0.2, -0.15) is 0 Å². The molecular weight excluding hydrogens is 330 g/mol. The number of nitrogens with zero attached hydrogens (tertiary/aromatic N) is 4. The van der Waals surface area contributed by atoms with Crippen LogP contribution in [0.3, 0.4) is 0 Å². The molecule has 7 heteroatoms. The number of hydrogen-bond acceptors (Lipinski definition) is 5. The van der Waals surface area contributed by atoms with Crippen molar-refractivity contribution in [2.45, 2.75) is 57.5 Å². The molecule has 1 atom stereocenters. The summed E-state index contributed by atoms with van der Waals surface area (Å²) in [4.78, 5) is 14.5. The molecule has 0 spiro atoms. The zero-order valence-corrected chi connectivity index (χ0v) is 15.2. The molecule has 1 amide bonds. The van der Waals surface area contributed by atoms with Crippen LogP contribution in [0.25, 0.3) is 0 Å². The van der Waals surface area contributed by atoms with Gasteiger partial charge in [0, 0.05) is 25.4 Å². The third kappa shape index (κ3) is 3.98. The van der Waals surface area contributed by atoms with Crippen LogP contribution in [0.1, 0.15) is 55.4 Å². The van der Waals surface area contributed by atoms with E-state index in [1.165, 1.54) is 19.3 Å². The van der Waals surface area contributed by atoms with Gasteiger partial charge in [0.15, 0.2) is 0 Å². The first-order valence-corrected chi connectivity index (χ1v) is 9.73. The van der Waals surface area contributed by atoms with Crippen molar-refractivity contribution in [3.05, 3.63) is 35.8 Å². The maximum Gasteiger partial charge on any atom is 0.234 e. The summed E-state index contributed by atoms with van der Waals surface area (Å²) < 4.78 is 7.60. The second-order valence-corrected chi connectivity index (χ2v) is 7.37. The lowest BCUT2D eigenvalue weighted by atomic mass is 9.97. The van der Waals surface area contributed by atoms with Gasteiger partial charge < -0.3 is 14.3 Å². The van der Waals surface area contributed by atoms with Crippen LogP contribution in [-0.2, 0) is 24.3 Å². The molecule has 1 saturated heterocycles. The zero-order valence-electron chi connectivity index (χ0n) is 15.2. The number of hydrogen-bond donors (Lipinski definition) is 1. The predicted octanol–water partition coefficient (Wildman–Crippen LogP) is 2.09. The molecule has 0 radical (unpaired) electrons. The first-order valence-electron chi connectivity index (χ1n) is 9.73. The average Bonchev–Trinajstić information content (AvgIpc) is 3.25. The van der Waals surface area contributed by atoms with Gasteiger partial charge in [0.1, 0.15) is 17.4 Å². The van der Waals surface area contributed by atoms with Crippen LogP contribution in [-0.4, -0.2) is 45.2 Å². The van der Waals surface area contributed by atoms with Crippen LogP contribution in [0.5, 0.6) is 0 Å². The Balaban J connectivity index is 1.34. The molecule has 4 rings (SSSR count). The molecule has 1 fully saturated rings. The van der Waals surface area contributed by atoms with Crippen LogP contribution < -0.4 is 5.32 Å². The van der Waals surface area contributed by atoms with Gasteiger partial charge in [-0.15, -0.1) is 10.2 Å². The van der Waals surface area contributed by atoms with E-state index < -0.39 is 0 Å². The molecule has 1 unspecified atom stereocenters. The lowest BCUT2D eigenvalue weighted by molar-refractivity contribution is -0.122. The van der Waals surface area contributed by atoms with E-state index in [2.05, 4.69) is 25.0 Å². The number of likely N-dealkylation sites (tertiary alicyclic amines) is 1. The van der Waals surface area contributed by atoms with Crippen LogP contribution in [0.2, 0.25) is 0 Å². The molecule has 0 aliphatic carbocycles. The third-order valence-corrected chi connectivity index (χ3v) is 5.42. The largest absolute Gasteiger partial charge is 0.467 e. The highest BCUT2D eigenvalue weighted by Crippen LogP contribution is 2.27. The fourth-order valence-electron chi connectivity index (χ4n) is 4.08. The van der Waals surface area contributed by atoms with Crippen LogP contribution in [0.4, 0.5) is 0 Å². The molecule has 4 heterocycles. The second-order valence-electron chi connectivity index (χ2n) is 7.37. The summed E-state index contributed by atoms with van der Waals surface area (Å²) in [5.74, 6) is 3.47. The number of fused-ring (bicyclic) bond motifs is 1. The molecule has 2 aromatic heterocycles. The maximum absolute atomic E-state index is 12.3. The molecule has 26 heavy (non-hydrogen) atoms. The Morgan fingerprint density at radius 1 is 1.23 bits per heavy atom. The normalized spacial score (nSPS) is 21.2. The Kier molecular flexibility index (Phi) is 5.34. The molecule has 7 nitrogen and oxygen atoms in total. The number of furan rings is 1. The van der Waals surface area contributed by atoms with Crippen molar-refractivity contribution in [1.29, 1.82) is 0 Å². The van der Waals surface area contributed by atoms with E-state index in [-0.39, 0.29) is 5.91 Å². The molecule has 2 aliphatic rings. The number of piperidine rings is 1. The summed E-state index contributed by atoms with van der Waals surface area (Å²) in [5.41, 5.74) is 0. The van der Waals surface area contributed by atoms with E-state index in [0.29, 0.717) is 19.0 Å². The highest BCUT2D eigenvalue weighted by molar-refractivity contribution is 5.77. The van der Waals surface area contributed by atoms with Gasteiger partial charge in [-0.05, 0) is 44.4 Å². The van der Waals surface area contributed by atoms with Gasteiger partial charge in [0.05, 0.1) is 19.4 Å².